The Labute approximate surface area is 197 Å². The molecular formula is C26H23N3O5. The van der Waals surface area contributed by atoms with E-state index < -0.39 is 0 Å². The topological polar surface area (TPSA) is 91.8 Å². The lowest BCUT2D eigenvalue weighted by Crippen LogP contribution is -2.12. The Balaban J connectivity index is 1.46. The molecular weight excluding hydrogens is 434 g/mol. The van der Waals surface area contributed by atoms with Crippen LogP contribution in [0.15, 0.2) is 78.9 Å². The molecule has 4 aromatic rings. The van der Waals surface area contributed by atoms with Gasteiger partial charge < -0.3 is 24.3 Å². The number of nitrogens with one attached hydrogen (secondary N) is 1. The van der Waals surface area contributed by atoms with Gasteiger partial charge in [0.1, 0.15) is 11.5 Å². The molecule has 8 nitrogen and oxygen atoms in total. The normalized spacial score (nSPS) is 10.3. The Morgan fingerprint density at radius 1 is 0.735 bits per heavy atom. The van der Waals surface area contributed by atoms with Crippen molar-refractivity contribution in [1.29, 1.82) is 0 Å². The molecule has 0 saturated heterocycles. The standard InChI is InChI=1S/C26H23N3O5/c1-31-20-8-10-21(11-9-20)34-25-14-12-22(28-29-25)17-5-4-6-18(15-17)26(30)27-19-7-13-23(32-2)24(16-19)33-3/h4-16H,1-3H3,(H,27,30). The Bertz CT molecular complexity index is 1270. The van der Waals surface area contributed by atoms with E-state index in [1.807, 2.05) is 6.07 Å². The van der Waals surface area contributed by atoms with Crippen molar-refractivity contribution in [2.45, 2.75) is 0 Å². The van der Waals surface area contributed by atoms with Crippen LogP contribution in [0.1, 0.15) is 10.4 Å². The summed E-state index contributed by atoms with van der Waals surface area (Å²) < 4.78 is 21.4. The van der Waals surface area contributed by atoms with E-state index in [1.54, 1.807) is 94.1 Å². The highest BCUT2D eigenvalue weighted by atomic mass is 16.5. The molecule has 0 fully saturated rings. The molecule has 1 aromatic heterocycles. The number of anilines is 1. The van der Waals surface area contributed by atoms with Crippen molar-refractivity contribution < 1.29 is 23.7 Å². The molecule has 0 bridgehead atoms. The van der Waals surface area contributed by atoms with Crippen molar-refractivity contribution in [3.8, 4) is 40.1 Å². The first-order valence-corrected chi connectivity index (χ1v) is 10.4. The number of amides is 1. The summed E-state index contributed by atoms with van der Waals surface area (Å²) in [7, 11) is 4.71. The van der Waals surface area contributed by atoms with Gasteiger partial charge in [0.05, 0.1) is 27.0 Å². The summed E-state index contributed by atoms with van der Waals surface area (Å²) in [5.41, 5.74) is 2.44. The first-order valence-electron chi connectivity index (χ1n) is 10.4. The van der Waals surface area contributed by atoms with Crippen LogP contribution in [0, 0.1) is 0 Å². The van der Waals surface area contributed by atoms with Crippen LogP contribution in [0.25, 0.3) is 11.3 Å². The third-order valence-corrected chi connectivity index (χ3v) is 4.98. The van der Waals surface area contributed by atoms with Crippen molar-refractivity contribution in [3.05, 3.63) is 84.4 Å². The van der Waals surface area contributed by atoms with Gasteiger partial charge in [0.15, 0.2) is 11.5 Å². The van der Waals surface area contributed by atoms with Gasteiger partial charge in [-0.1, -0.05) is 12.1 Å². The molecule has 0 saturated carbocycles. The highest BCUT2D eigenvalue weighted by molar-refractivity contribution is 6.05. The number of ether oxygens (including phenoxy) is 4. The molecule has 0 aliphatic carbocycles. The Kier molecular flexibility index (Phi) is 6.88. The highest BCUT2D eigenvalue weighted by Gasteiger charge is 2.11. The maximum absolute atomic E-state index is 12.8. The van der Waals surface area contributed by atoms with Gasteiger partial charge in [-0.2, -0.15) is 0 Å². The monoisotopic (exact) mass is 457 g/mol. The second-order valence-corrected chi connectivity index (χ2v) is 7.14. The van der Waals surface area contributed by atoms with E-state index >= 15 is 0 Å². The SMILES string of the molecule is COc1ccc(Oc2ccc(-c3cccc(C(=O)Nc4ccc(OC)c(OC)c4)c3)nn2)cc1. The lowest BCUT2D eigenvalue weighted by molar-refractivity contribution is 0.102. The van der Waals surface area contributed by atoms with E-state index in [-0.39, 0.29) is 5.91 Å². The van der Waals surface area contributed by atoms with Gasteiger partial charge in [0.2, 0.25) is 5.88 Å². The summed E-state index contributed by atoms with van der Waals surface area (Å²) in [6.45, 7) is 0. The minimum absolute atomic E-state index is 0.263. The number of rotatable bonds is 8. The van der Waals surface area contributed by atoms with Crippen LogP contribution < -0.4 is 24.3 Å². The van der Waals surface area contributed by atoms with Crippen LogP contribution in [-0.4, -0.2) is 37.4 Å². The highest BCUT2D eigenvalue weighted by Crippen LogP contribution is 2.30. The van der Waals surface area contributed by atoms with Crippen LogP contribution in [0.2, 0.25) is 0 Å². The lowest BCUT2D eigenvalue weighted by Gasteiger charge is -2.11. The Morgan fingerprint density at radius 3 is 2.18 bits per heavy atom. The van der Waals surface area contributed by atoms with Crippen molar-refractivity contribution in [2.75, 3.05) is 26.6 Å². The Morgan fingerprint density at radius 2 is 1.50 bits per heavy atom. The number of carbonyl (C=O) groups excluding carboxylic acids is 1. The van der Waals surface area contributed by atoms with Crippen LogP contribution in [0.3, 0.4) is 0 Å². The number of hydrogen-bond donors (Lipinski definition) is 1. The fourth-order valence-corrected chi connectivity index (χ4v) is 3.23. The van der Waals surface area contributed by atoms with Crippen LogP contribution in [-0.2, 0) is 0 Å². The van der Waals surface area contributed by atoms with Gasteiger partial charge >= 0.3 is 0 Å². The molecule has 3 aromatic carbocycles. The molecule has 0 spiro atoms. The van der Waals surface area contributed by atoms with Gasteiger partial charge in [-0.3, -0.25) is 4.79 Å². The summed E-state index contributed by atoms with van der Waals surface area (Å²) >= 11 is 0. The fourth-order valence-electron chi connectivity index (χ4n) is 3.23. The minimum atomic E-state index is -0.263. The van der Waals surface area contributed by atoms with Gasteiger partial charge in [-0.15, -0.1) is 10.2 Å². The van der Waals surface area contributed by atoms with Crippen molar-refractivity contribution in [1.82, 2.24) is 10.2 Å². The second-order valence-electron chi connectivity index (χ2n) is 7.14. The first-order chi connectivity index (χ1) is 16.6. The first kappa shape index (κ1) is 22.6. The molecule has 34 heavy (non-hydrogen) atoms. The average molecular weight is 457 g/mol. The van der Waals surface area contributed by atoms with E-state index in [9.17, 15) is 4.79 Å². The lowest BCUT2D eigenvalue weighted by atomic mass is 10.1. The molecule has 0 aliphatic rings. The van der Waals surface area contributed by atoms with Crippen molar-refractivity contribution in [3.63, 3.8) is 0 Å². The quantitative estimate of drug-likeness (QED) is 0.388. The zero-order valence-electron chi connectivity index (χ0n) is 18.9. The number of carbonyl (C=O) groups is 1. The number of aromatic nitrogens is 2. The van der Waals surface area contributed by atoms with Crippen molar-refractivity contribution >= 4 is 11.6 Å². The summed E-state index contributed by atoms with van der Waals surface area (Å²) in [5.74, 6) is 2.57. The van der Waals surface area contributed by atoms with Crippen molar-refractivity contribution in [2.24, 2.45) is 0 Å². The van der Waals surface area contributed by atoms with Gasteiger partial charge in [0, 0.05) is 28.9 Å². The zero-order valence-corrected chi connectivity index (χ0v) is 18.9. The Hall–Kier alpha value is -4.59. The zero-order chi connectivity index (χ0) is 23.9. The third-order valence-electron chi connectivity index (χ3n) is 4.98. The molecule has 0 radical (unpaired) electrons. The fraction of sp³-hybridized carbons (Fsp3) is 0.115. The van der Waals surface area contributed by atoms with E-state index in [1.165, 1.54) is 0 Å². The number of methoxy groups -OCH3 is 3. The molecule has 0 unspecified atom stereocenters. The number of hydrogen-bond acceptors (Lipinski definition) is 7. The smallest absolute Gasteiger partial charge is 0.255 e. The van der Waals surface area contributed by atoms with E-state index in [2.05, 4.69) is 15.5 Å². The second kappa shape index (κ2) is 10.4. The molecule has 1 heterocycles. The van der Waals surface area contributed by atoms with Crippen LogP contribution >= 0.6 is 0 Å². The summed E-state index contributed by atoms with van der Waals surface area (Å²) in [6.07, 6.45) is 0. The van der Waals surface area contributed by atoms with Crippen LogP contribution in [0.4, 0.5) is 5.69 Å². The number of nitrogens with zero attached hydrogens (tertiary/aromatic N) is 2. The molecule has 0 atom stereocenters. The molecule has 172 valence electrons. The largest absolute Gasteiger partial charge is 0.497 e. The molecule has 0 aliphatic heterocycles. The van der Waals surface area contributed by atoms with E-state index in [0.29, 0.717) is 40.1 Å². The van der Waals surface area contributed by atoms with Gasteiger partial charge in [0.25, 0.3) is 5.91 Å². The van der Waals surface area contributed by atoms with E-state index in [0.717, 1.165) is 11.3 Å². The van der Waals surface area contributed by atoms with Gasteiger partial charge in [-0.25, -0.2) is 0 Å². The maximum atomic E-state index is 12.8. The molecule has 8 heteroatoms. The molecule has 4 rings (SSSR count). The van der Waals surface area contributed by atoms with Crippen LogP contribution in [0.5, 0.6) is 28.9 Å². The summed E-state index contributed by atoms with van der Waals surface area (Å²) in [4.78, 5) is 12.8. The predicted octanol–water partition coefficient (Wildman–Crippen LogP) is 5.21. The summed E-state index contributed by atoms with van der Waals surface area (Å²) in [5, 5.41) is 11.3. The number of benzene rings is 3. The third kappa shape index (κ3) is 5.24. The average Bonchev–Trinajstić information content (AvgIpc) is 2.89. The predicted molar refractivity (Wildman–Crippen MR) is 128 cm³/mol. The maximum Gasteiger partial charge on any atom is 0.255 e. The molecule has 1 amide bonds. The van der Waals surface area contributed by atoms with Gasteiger partial charge in [-0.05, 0) is 54.6 Å². The van der Waals surface area contributed by atoms with E-state index in [4.69, 9.17) is 18.9 Å². The summed E-state index contributed by atoms with van der Waals surface area (Å²) in [6, 6.07) is 23.0. The minimum Gasteiger partial charge on any atom is -0.497 e. The molecule has 1 N–H and O–H groups in total.